The average Bonchev–Trinajstić information content (AvgIpc) is 2.68. The third-order valence-corrected chi connectivity index (χ3v) is 6.79. The predicted molar refractivity (Wildman–Crippen MR) is 103 cm³/mol. The summed E-state index contributed by atoms with van der Waals surface area (Å²) in [5.41, 5.74) is 1.60. The van der Waals surface area contributed by atoms with Gasteiger partial charge in [0.05, 0.1) is 22.8 Å². The molecule has 6 nitrogen and oxygen atoms in total. The predicted octanol–water partition coefficient (Wildman–Crippen LogP) is 2.03. The van der Waals surface area contributed by atoms with Crippen molar-refractivity contribution in [2.24, 2.45) is 0 Å². The summed E-state index contributed by atoms with van der Waals surface area (Å²) in [5, 5.41) is 0. The van der Waals surface area contributed by atoms with Gasteiger partial charge in [0.1, 0.15) is 6.61 Å². The number of sulfonamides is 1. The van der Waals surface area contributed by atoms with E-state index in [1.807, 2.05) is 24.3 Å². The van der Waals surface area contributed by atoms with Gasteiger partial charge in [-0.05, 0) is 31.3 Å². The summed E-state index contributed by atoms with van der Waals surface area (Å²) < 4.78 is 33.7. The van der Waals surface area contributed by atoms with Crippen LogP contribution in [-0.4, -0.2) is 59.7 Å². The number of benzene rings is 2. The lowest BCUT2D eigenvalue weighted by atomic mass is 10.2. The number of piperazine rings is 1. The van der Waals surface area contributed by atoms with E-state index in [2.05, 4.69) is 16.8 Å². The summed E-state index contributed by atoms with van der Waals surface area (Å²) in [7, 11) is -1.49. The molecule has 2 aliphatic rings. The van der Waals surface area contributed by atoms with Gasteiger partial charge in [-0.15, -0.1) is 0 Å². The molecule has 2 heterocycles. The van der Waals surface area contributed by atoms with E-state index in [1.165, 1.54) is 4.31 Å². The van der Waals surface area contributed by atoms with Crippen LogP contribution in [0.5, 0.6) is 5.75 Å². The van der Waals surface area contributed by atoms with Gasteiger partial charge in [0, 0.05) is 26.2 Å². The molecule has 7 heteroatoms. The maximum absolute atomic E-state index is 13.1. The molecule has 4 rings (SSSR count). The van der Waals surface area contributed by atoms with Gasteiger partial charge in [-0.3, -0.25) is 4.31 Å². The van der Waals surface area contributed by atoms with Crippen molar-refractivity contribution in [1.82, 2.24) is 4.90 Å². The maximum Gasteiger partial charge on any atom is 0.264 e. The fourth-order valence-corrected chi connectivity index (χ4v) is 4.95. The molecular formula is C19H23N3O3S. The van der Waals surface area contributed by atoms with Crippen LogP contribution in [0, 0.1) is 0 Å². The highest BCUT2D eigenvalue weighted by molar-refractivity contribution is 7.92. The SMILES string of the molecule is CN1CCN(c2cccc3c2OCCN3S(=O)(=O)c2ccccc2)CC1. The number of hydrogen-bond donors (Lipinski definition) is 0. The highest BCUT2D eigenvalue weighted by atomic mass is 32.2. The summed E-state index contributed by atoms with van der Waals surface area (Å²) in [5.74, 6) is 0.669. The van der Waals surface area contributed by atoms with Gasteiger partial charge in [0.15, 0.2) is 5.75 Å². The van der Waals surface area contributed by atoms with Crippen LogP contribution in [0.15, 0.2) is 53.4 Å². The first-order chi connectivity index (χ1) is 12.6. The van der Waals surface area contributed by atoms with Crippen LogP contribution in [0.2, 0.25) is 0 Å². The molecule has 0 N–H and O–H groups in total. The molecule has 2 aromatic rings. The number of fused-ring (bicyclic) bond motifs is 1. The molecule has 0 aromatic heterocycles. The van der Waals surface area contributed by atoms with Gasteiger partial charge in [-0.2, -0.15) is 0 Å². The molecule has 1 fully saturated rings. The first kappa shape index (κ1) is 17.2. The van der Waals surface area contributed by atoms with Crippen LogP contribution in [0.3, 0.4) is 0 Å². The van der Waals surface area contributed by atoms with Gasteiger partial charge < -0.3 is 14.5 Å². The maximum atomic E-state index is 13.1. The lowest BCUT2D eigenvalue weighted by Crippen LogP contribution is -2.45. The molecule has 26 heavy (non-hydrogen) atoms. The standard InChI is InChI=1S/C19H23N3O3S/c1-20-10-12-21(13-11-20)17-8-5-9-18-19(17)25-15-14-22(18)26(23,24)16-6-3-2-4-7-16/h2-9H,10-15H2,1H3. The molecule has 0 spiro atoms. The highest BCUT2D eigenvalue weighted by Gasteiger charge is 2.32. The minimum Gasteiger partial charge on any atom is -0.487 e. The van der Waals surface area contributed by atoms with E-state index in [0.717, 1.165) is 31.9 Å². The average molecular weight is 373 g/mol. The molecule has 0 bridgehead atoms. The normalized spacial score (nSPS) is 18.3. The van der Waals surface area contributed by atoms with Crippen LogP contribution in [0.4, 0.5) is 11.4 Å². The molecule has 2 aliphatic heterocycles. The molecule has 0 saturated carbocycles. The Morgan fingerprint density at radius 2 is 1.54 bits per heavy atom. The van der Waals surface area contributed by atoms with E-state index in [4.69, 9.17) is 4.74 Å². The van der Waals surface area contributed by atoms with E-state index < -0.39 is 10.0 Å². The van der Waals surface area contributed by atoms with Crippen molar-refractivity contribution in [2.45, 2.75) is 4.90 Å². The summed E-state index contributed by atoms with van der Waals surface area (Å²) in [6.45, 7) is 4.44. The zero-order chi connectivity index (χ0) is 18.1. The van der Waals surface area contributed by atoms with Crippen LogP contribution in [0.25, 0.3) is 0 Å². The quantitative estimate of drug-likeness (QED) is 0.824. The highest BCUT2D eigenvalue weighted by Crippen LogP contribution is 2.42. The van der Waals surface area contributed by atoms with Crippen molar-refractivity contribution in [3.8, 4) is 5.75 Å². The Labute approximate surface area is 154 Å². The van der Waals surface area contributed by atoms with E-state index >= 15 is 0 Å². The van der Waals surface area contributed by atoms with Crippen molar-refractivity contribution in [1.29, 1.82) is 0 Å². The Hall–Kier alpha value is -2.25. The monoisotopic (exact) mass is 373 g/mol. The number of rotatable bonds is 3. The van der Waals surface area contributed by atoms with Gasteiger partial charge in [0.25, 0.3) is 10.0 Å². The van der Waals surface area contributed by atoms with E-state index in [1.54, 1.807) is 24.3 Å². The van der Waals surface area contributed by atoms with E-state index in [0.29, 0.717) is 29.5 Å². The topological polar surface area (TPSA) is 53.1 Å². The number of hydrogen-bond acceptors (Lipinski definition) is 5. The minimum atomic E-state index is -3.61. The smallest absolute Gasteiger partial charge is 0.264 e. The summed E-state index contributed by atoms with van der Waals surface area (Å²) in [4.78, 5) is 4.87. The largest absolute Gasteiger partial charge is 0.487 e. The second kappa shape index (κ2) is 6.81. The number of ether oxygens (including phenoxy) is 1. The zero-order valence-corrected chi connectivity index (χ0v) is 15.7. The van der Waals surface area contributed by atoms with Crippen LogP contribution in [0.1, 0.15) is 0 Å². The Balaban J connectivity index is 1.72. The summed E-state index contributed by atoms with van der Waals surface area (Å²) in [6.07, 6.45) is 0. The van der Waals surface area contributed by atoms with Gasteiger partial charge >= 0.3 is 0 Å². The second-order valence-electron chi connectivity index (χ2n) is 6.65. The van der Waals surface area contributed by atoms with Crippen molar-refractivity contribution < 1.29 is 13.2 Å². The summed E-state index contributed by atoms with van der Waals surface area (Å²) in [6, 6.07) is 14.3. The summed E-state index contributed by atoms with van der Waals surface area (Å²) >= 11 is 0. The Morgan fingerprint density at radius 1 is 0.846 bits per heavy atom. The Kier molecular flexibility index (Phi) is 4.50. The van der Waals surface area contributed by atoms with E-state index in [-0.39, 0.29) is 0 Å². The Morgan fingerprint density at radius 3 is 2.27 bits per heavy atom. The third-order valence-electron chi connectivity index (χ3n) is 4.96. The van der Waals surface area contributed by atoms with Crippen LogP contribution >= 0.6 is 0 Å². The van der Waals surface area contributed by atoms with E-state index in [9.17, 15) is 8.42 Å². The number of anilines is 2. The lowest BCUT2D eigenvalue weighted by molar-refractivity contribution is 0.301. The van der Waals surface area contributed by atoms with Gasteiger partial charge in [-0.1, -0.05) is 24.3 Å². The number of likely N-dealkylation sites (N-methyl/N-ethyl adjacent to an activating group) is 1. The first-order valence-corrected chi connectivity index (χ1v) is 10.3. The molecule has 0 radical (unpaired) electrons. The molecule has 2 aromatic carbocycles. The van der Waals surface area contributed by atoms with Crippen molar-refractivity contribution in [3.63, 3.8) is 0 Å². The molecule has 138 valence electrons. The molecular weight excluding hydrogens is 350 g/mol. The fourth-order valence-electron chi connectivity index (χ4n) is 3.47. The molecule has 0 aliphatic carbocycles. The van der Waals surface area contributed by atoms with Crippen molar-refractivity contribution in [2.75, 3.05) is 55.6 Å². The van der Waals surface area contributed by atoms with Crippen LogP contribution in [-0.2, 0) is 10.0 Å². The molecule has 1 saturated heterocycles. The lowest BCUT2D eigenvalue weighted by Gasteiger charge is -2.37. The van der Waals surface area contributed by atoms with Crippen molar-refractivity contribution in [3.05, 3.63) is 48.5 Å². The number of nitrogens with zero attached hydrogens (tertiary/aromatic N) is 3. The molecule has 0 unspecified atom stereocenters. The van der Waals surface area contributed by atoms with Crippen LogP contribution < -0.4 is 13.9 Å². The van der Waals surface area contributed by atoms with Crippen molar-refractivity contribution >= 4 is 21.4 Å². The molecule has 0 amide bonds. The Bertz CT molecular complexity index is 878. The van der Waals surface area contributed by atoms with Gasteiger partial charge in [0.2, 0.25) is 0 Å². The first-order valence-electron chi connectivity index (χ1n) is 8.84. The van der Waals surface area contributed by atoms with Gasteiger partial charge in [-0.25, -0.2) is 8.42 Å². The molecule has 0 atom stereocenters. The fraction of sp³-hybridized carbons (Fsp3) is 0.368. The zero-order valence-electron chi connectivity index (χ0n) is 14.8. The second-order valence-corrected chi connectivity index (χ2v) is 8.52. The number of para-hydroxylation sites is 1. The third kappa shape index (κ3) is 3.01. The minimum absolute atomic E-state index is 0.304.